The maximum absolute atomic E-state index is 13.0. The molecule has 4 aromatic rings. The number of carbonyl (C=O) groups excluding carboxylic acids is 2. The fraction of sp³-hybridized carbons (Fsp3) is 0.167. The molecule has 39 heavy (non-hydrogen) atoms. The summed E-state index contributed by atoms with van der Waals surface area (Å²) in [6.45, 7) is 1.29. The molecule has 0 saturated heterocycles. The normalized spacial score (nSPS) is 10.8. The Morgan fingerprint density at radius 3 is 2.03 bits per heavy atom. The van der Waals surface area contributed by atoms with Gasteiger partial charge in [-0.2, -0.15) is 0 Å². The van der Waals surface area contributed by atoms with E-state index in [0.717, 1.165) is 16.5 Å². The number of ether oxygens (including phenoxy) is 5. The Hall–Kier alpha value is -5.05. The number of hydrogen-bond donors (Lipinski definition) is 1. The Bertz CT molecular complexity index is 1520. The number of hydrogen-bond acceptors (Lipinski definition) is 8. The summed E-state index contributed by atoms with van der Waals surface area (Å²) in [6, 6.07) is 16.6. The van der Waals surface area contributed by atoms with E-state index in [1.54, 1.807) is 44.7 Å². The van der Waals surface area contributed by atoms with Gasteiger partial charge in [0.25, 0.3) is 0 Å². The van der Waals surface area contributed by atoms with Crippen LogP contribution in [0.4, 0.5) is 5.69 Å². The molecule has 1 heterocycles. The van der Waals surface area contributed by atoms with E-state index in [9.17, 15) is 9.59 Å². The van der Waals surface area contributed by atoms with Crippen LogP contribution in [-0.2, 0) is 9.59 Å². The first-order valence-corrected chi connectivity index (χ1v) is 11.9. The number of nitrogens with zero attached hydrogens (tertiary/aromatic N) is 1. The van der Waals surface area contributed by atoms with Crippen molar-refractivity contribution in [3.8, 4) is 39.9 Å². The summed E-state index contributed by atoms with van der Waals surface area (Å²) in [5.74, 6) is 0.961. The van der Waals surface area contributed by atoms with Crippen molar-refractivity contribution in [2.24, 2.45) is 0 Å². The molecule has 200 valence electrons. The highest BCUT2D eigenvalue weighted by atomic mass is 16.6. The van der Waals surface area contributed by atoms with Gasteiger partial charge >= 0.3 is 5.97 Å². The molecular weight excluding hydrogens is 500 g/mol. The van der Waals surface area contributed by atoms with E-state index in [1.165, 1.54) is 27.2 Å². The number of aromatic nitrogens is 1. The molecule has 1 aromatic heterocycles. The Labute approximate surface area is 225 Å². The molecular formula is C30H28N2O7. The van der Waals surface area contributed by atoms with Gasteiger partial charge in [0, 0.05) is 30.0 Å². The first-order chi connectivity index (χ1) is 18.9. The van der Waals surface area contributed by atoms with Gasteiger partial charge in [-0.1, -0.05) is 30.3 Å². The minimum atomic E-state index is -0.511. The van der Waals surface area contributed by atoms with Gasteiger partial charge in [-0.05, 0) is 35.4 Å². The fourth-order valence-corrected chi connectivity index (χ4v) is 4.12. The molecule has 1 N–H and O–H groups in total. The van der Waals surface area contributed by atoms with Gasteiger partial charge in [-0.15, -0.1) is 0 Å². The number of anilines is 1. The largest absolute Gasteiger partial charge is 0.493 e. The van der Waals surface area contributed by atoms with Gasteiger partial charge in [0.15, 0.2) is 23.0 Å². The molecule has 0 atom stereocenters. The molecule has 0 aliphatic rings. The standard InChI is InChI=1S/C30H28N2O7/c1-18(33)39-30-26(37-4)13-19(14-27(30)38-5)11-12-28(34)32-23-17-31-22-16-25(36-3)24(35-2)15-21(22)29(23)20-9-7-6-8-10-20/h6-17H,1-5H3,(H,32,34). The Kier molecular flexibility index (Phi) is 8.30. The van der Waals surface area contributed by atoms with Gasteiger partial charge in [0.1, 0.15) is 0 Å². The minimum absolute atomic E-state index is 0.163. The van der Waals surface area contributed by atoms with Gasteiger partial charge in [0.2, 0.25) is 11.7 Å². The Morgan fingerprint density at radius 1 is 0.821 bits per heavy atom. The second-order valence-electron chi connectivity index (χ2n) is 8.31. The molecule has 0 aliphatic carbocycles. The third-order valence-electron chi connectivity index (χ3n) is 5.85. The second kappa shape index (κ2) is 12.0. The molecule has 3 aromatic carbocycles. The zero-order valence-corrected chi connectivity index (χ0v) is 22.2. The molecule has 0 unspecified atom stereocenters. The van der Waals surface area contributed by atoms with Crippen LogP contribution in [0.2, 0.25) is 0 Å². The predicted octanol–water partition coefficient (Wildman–Crippen LogP) is 5.51. The van der Waals surface area contributed by atoms with Gasteiger partial charge in [-0.25, -0.2) is 0 Å². The van der Waals surface area contributed by atoms with E-state index in [-0.39, 0.29) is 11.7 Å². The van der Waals surface area contributed by atoms with Crippen molar-refractivity contribution in [1.82, 2.24) is 4.98 Å². The average Bonchev–Trinajstić information content (AvgIpc) is 2.95. The maximum Gasteiger partial charge on any atom is 0.308 e. The van der Waals surface area contributed by atoms with E-state index in [4.69, 9.17) is 23.7 Å². The summed E-state index contributed by atoms with van der Waals surface area (Å²) < 4.78 is 26.9. The summed E-state index contributed by atoms with van der Waals surface area (Å²) in [5, 5.41) is 3.73. The van der Waals surface area contributed by atoms with Gasteiger partial charge < -0.3 is 29.0 Å². The van der Waals surface area contributed by atoms with Gasteiger partial charge in [-0.3, -0.25) is 14.6 Å². The molecule has 0 fully saturated rings. The summed E-state index contributed by atoms with van der Waals surface area (Å²) in [6.07, 6.45) is 4.60. The van der Waals surface area contributed by atoms with Crippen LogP contribution in [0.15, 0.2) is 66.9 Å². The monoisotopic (exact) mass is 528 g/mol. The molecule has 1 amide bonds. The van der Waals surface area contributed by atoms with E-state index in [1.807, 2.05) is 36.4 Å². The average molecular weight is 529 g/mol. The maximum atomic E-state index is 13.0. The SMILES string of the molecule is COc1cc2ncc(NC(=O)C=Cc3cc(OC)c(OC(C)=O)c(OC)c3)c(-c3ccccc3)c2cc1OC. The van der Waals surface area contributed by atoms with Crippen LogP contribution in [0.3, 0.4) is 0 Å². The topological polar surface area (TPSA) is 105 Å². The van der Waals surface area contributed by atoms with Crippen molar-refractivity contribution < 1.29 is 33.3 Å². The molecule has 0 bridgehead atoms. The number of benzene rings is 3. The number of methoxy groups -OCH3 is 4. The summed E-state index contributed by atoms with van der Waals surface area (Å²) >= 11 is 0. The number of esters is 1. The number of amides is 1. The highest BCUT2D eigenvalue weighted by molar-refractivity contribution is 6.09. The van der Waals surface area contributed by atoms with E-state index >= 15 is 0 Å². The highest BCUT2D eigenvalue weighted by Crippen LogP contribution is 2.41. The highest BCUT2D eigenvalue weighted by Gasteiger charge is 2.17. The number of nitrogens with one attached hydrogen (secondary N) is 1. The molecule has 0 radical (unpaired) electrons. The first kappa shape index (κ1) is 27.0. The van der Waals surface area contributed by atoms with Crippen LogP contribution in [0.25, 0.3) is 28.1 Å². The van der Waals surface area contributed by atoms with Crippen molar-refractivity contribution in [1.29, 1.82) is 0 Å². The number of pyridine rings is 1. The lowest BCUT2D eigenvalue weighted by atomic mass is 9.99. The number of fused-ring (bicyclic) bond motifs is 1. The summed E-state index contributed by atoms with van der Waals surface area (Å²) in [7, 11) is 6.03. The second-order valence-corrected chi connectivity index (χ2v) is 8.31. The number of rotatable bonds is 9. The van der Waals surface area contributed by atoms with Crippen LogP contribution in [0, 0.1) is 0 Å². The summed E-state index contributed by atoms with van der Waals surface area (Å²) in [4.78, 5) is 29.1. The van der Waals surface area contributed by atoms with Crippen molar-refractivity contribution in [2.45, 2.75) is 6.92 Å². The van der Waals surface area contributed by atoms with Crippen LogP contribution in [0.1, 0.15) is 12.5 Å². The Balaban J connectivity index is 1.71. The van der Waals surface area contributed by atoms with Crippen molar-refractivity contribution in [3.05, 3.63) is 72.4 Å². The molecule has 4 rings (SSSR count). The lowest BCUT2D eigenvalue weighted by molar-refractivity contribution is -0.132. The van der Waals surface area contributed by atoms with Crippen LogP contribution >= 0.6 is 0 Å². The van der Waals surface area contributed by atoms with Crippen molar-refractivity contribution >= 4 is 34.5 Å². The zero-order valence-electron chi connectivity index (χ0n) is 22.2. The molecule has 9 nitrogen and oxygen atoms in total. The molecule has 0 saturated carbocycles. The first-order valence-electron chi connectivity index (χ1n) is 11.9. The zero-order chi connectivity index (χ0) is 27.9. The Morgan fingerprint density at radius 2 is 1.44 bits per heavy atom. The predicted molar refractivity (Wildman–Crippen MR) is 149 cm³/mol. The van der Waals surface area contributed by atoms with E-state index < -0.39 is 5.97 Å². The van der Waals surface area contributed by atoms with Gasteiger partial charge in [0.05, 0.1) is 45.8 Å². The molecule has 0 aliphatic heterocycles. The smallest absolute Gasteiger partial charge is 0.308 e. The molecule has 9 heteroatoms. The quantitative estimate of drug-likeness (QED) is 0.172. The van der Waals surface area contributed by atoms with Crippen LogP contribution in [-0.4, -0.2) is 45.3 Å². The lowest BCUT2D eigenvalue weighted by Gasteiger charge is -2.16. The van der Waals surface area contributed by atoms with E-state index in [2.05, 4.69) is 10.3 Å². The van der Waals surface area contributed by atoms with Crippen molar-refractivity contribution in [2.75, 3.05) is 33.8 Å². The van der Waals surface area contributed by atoms with Crippen LogP contribution in [0.5, 0.6) is 28.7 Å². The van der Waals surface area contributed by atoms with E-state index in [0.29, 0.717) is 39.8 Å². The van der Waals surface area contributed by atoms with Crippen LogP contribution < -0.4 is 29.0 Å². The fourth-order valence-electron chi connectivity index (χ4n) is 4.12. The molecule has 0 spiro atoms. The van der Waals surface area contributed by atoms with Crippen molar-refractivity contribution in [3.63, 3.8) is 0 Å². The minimum Gasteiger partial charge on any atom is -0.493 e. The third-order valence-corrected chi connectivity index (χ3v) is 5.85. The third kappa shape index (κ3) is 5.93. The lowest BCUT2D eigenvalue weighted by Crippen LogP contribution is -2.09. The number of carbonyl (C=O) groups is 2. The summed E-state index contributed by atoms with van der Waals surface area (Å²) in [5.41, 5.74) is 3.50.